The molecular weight excluding hydrogens is 402 g/mol. The molecule has 1 aromatic carbocycles. The van der Waals surface area contributed by atoms with E-state index in [1.807, 2.05) is 30.3 Å². The van der Waals surface area contributed by atoms with Gasteiger partial charge in [-0.2, -0.15) is 0 Å². The van der Waals surface area contributed by atoms with Crippen LogP contribution < -0.4 is 0 Å². The van der Waals surface area contributed by atoms with Gasteiger partial charge in [0.15, 0.2) is 0 Å². The molecule has 3 saturated heterocycles. The third-order valence-electron chi connectivity index (χ3n) is 11.7. The van der Waals surface area contributed by atoms with Gasteiger partial charge in [-0.15, -0.1) is 0 Å². The van der Waals surface area contributed by atoms with E-state index in [1.54, 1.807) is 0 Å². The Labute approximate surface area is 188 Å². The molecule has 32 heavy (non-hydrogen) atoms. The number of ether oxygens (including phenoxy) is 1. The molecule has 0 radical (unpaired) electrons. The van der Waals surface area contributed by atoms with E-state index < -0.39 is 17.1 Å². The van der Waals surface area contributed by atoms with Crippen LogP contribution in [-0.4, -0.2) is 57.5 Å². The second kappa shape index (κ2) is 5.18. The maximum Gasteiger partial charge on any atom is 0.338 e. The Morgan fingerprint density at radius 1 is 1.16 bits per heavy atom. The number of rotatable bonds is 2. The largest absolute Gasteiger partial charge is 0.459 e. The SMILES string of the molecule is C=C1[C@H]2C[C@@H]3[C@H]4N5C[C@@]6(C)C[C@H](OC(=O)c7ccccc7)C[C@@]47[C@@H]6[C@@H]5C[C@]3([C@@H]1O)[C@@]7(O)C2. The van der Waals surface area contributed by atoms with Gasteiger partial charge in [0.25, 0.3) is 0 Å². The number of hydrogen-bond donors (Lipinski definition) is 2. The van der Waals surface area contributed by atoms with E-state index in [0.717, 1.165) is 44.2 Å². The molecule has 3 aliphatic heterocycles. The first kappa shape index (κ1) is 18.7. The topological polar surface area (TPSA) is 70.0 Å². The summed E-state index contributed by atoms with van der Waals surface area (Å²) < 4.78 is 6.17. The second-order valence-corrected chi connectivity index (χ2v) is 12.5. The van der Waals surface area contributed by atoms with E-state index in [2.05, 4.69) is 18.4 Å². The number of benzene rings is 1. The van der Waals surface area contributed by atoms with Crippen molar-refractivity contribution in [2.75, 3.05) is 6.54 Å². The second-order valence-electron chi connectivity index (χ2n) is 12.5. The predicted molar refractivity (Wildman–Crippen MR) is 117 cm³/mol. The lowest BCUT2D eigenvalue weighted by Crippen LogP contribution is -2.74. The highest BCUT2D eigenvalue weighted by molar-refractivity contribution is 5.89. The third-order valence-corrected chi connectivity index (χ3v) is 11.7. The van der Waals surface area contributed by atoms with Gasteiger partial charge in [0.1, 0.15) is 6.10 Å². The maximum absolute atomic E-state index is 13.0. The fraction of sp³-hybridized carbons (Fsp3) is 0.667. The minimum absolute atomic E-state index is 0.0388. The Morgan fingerprint density at radius 2 is 1.94 bits per heavy atom. The molecule has 5 nitrogen and oxygen atoms in total. The molecule has 168 valence electrons. The first-order chi connectivity index (χ1) is 15.3. The lowest BCUT2D eigenvalue weighted by Gasteiger charge is -2.69. The molecule has 2 spiro atoms. The van der Waals surface area contributed by atoms with Crippen molar-refractivity contribution >= 4 is 5.97 Å². The minimum atomic E-state index is -0.895. The highest BCUT2D eigenvalue weighted by Crippen LogP contribution is 2.88. The summed E-state index contributed by atoms with van der Waals surface area (Å²) >= 11 is 0. The summed E-state index contributed by atoms with van der Waals surface area (Å²) in [4.78, 5) is 15.7. The van der Waals surface area contributed by atoms with Gasteiger partial charge in [0.05, 0.1) is 17.3 Å². The standard InChI is InChI=1S/C27H31NO4/c1-14-16-8-18-21-26-11-17(32-23(30)15-6-4-3-5-7-15)10-24(2)13-28(21)19(20(24)26)12-25(18,22(14)29)27(26,31)9-16/h3-7,16-22,29,31H,1,8-13H2,2H3/t16-,17-,18+,19-,20+,21+,22+,24+,25-,26+,27-/m0/s1. The molecular formula is C27H31NO4. The number of piperidine rings is 2. The molecule has 3 heterocycles. The van der Waals surface area contributed by atoms with Gasteiger partial charge in [-0.1, -0.05) is 31.7 Å². The Balaban J connectivity index is 1.25. The highest BCUT2D eigenvalue weighted by Gasteiger charge is 2.93. The van der Waals surface area contributed by atoms with Crippen molar-refractivity contribution in [2.45, 2.75) is 68.9 Å². The van der Waals surface area contributed by atoms with E-state index in [4.69, 9.17) is 4.74 Å². The molecule has 6 saturated carbocycles. The van der Waals surface area contributed by atoms with Crippen LogP contribution in [0.15, 0.2) is 42.5 Å². The minimum Gasteiger partial charge on any atom is -0.459 e. The van der Waals surface area contributed by atoms with Crippen LogP contribution in [0.25, 0.3) is 0 Å². The summed E-state index contributed by atoms with van der Waals surface area (Å²) in [6, 6.07) is 9.99. The van der Waals surface area contributed by atoms with E-state index in [9.17, 15) is 15.0 Å². The predicted octanol–water partition coefficient (Wildman–Crippen LogP) is 2.77. The quantitative estimate of drug-likeness (QED) is 0.555. The number of esters is 1. The van der Waals surface area contributed by atoms with Crippen molar-refractivity contribution in [3.63, 3.8) is 0 Å². The fourth-order valence-electron chi connectivity index (χ4n) is 11.4. The summed E-state index contributed by atoms with van der Waals surface area (Å²) in [7, 11) is 0. The van der Waals surface area contributed by atoms with Crippen molar-refractivity contribution in [1.82, 2.24) is 4.90 Å². The number of hydrogen-bond acceptors (Lipinski definition) is 5. The molecule has 12 atom stereocenters. The lowest BCUT2D eigenvalue weighted by molar-refractivity contribution is -0.276. The van der Waals surface area contributed by atoms with Crippen LogP contribution in [0.3, 0.4) is 0 Å². The van der Waals surface area contributed by atoms with Gasteiger partial charge < -0.3 is 14.9 Å². The van der Waals surface area contributed by atoms with Crippen molar-refractivity contribution in [3.05, 3.63) is 48.0 Å². The smallest absolute Gasteiger partial charge is 0.338 e. The van der Waals surface area contributed by atoms with Crippen LogP contribution in [0.2, 0.25) is 0 Å². The first-order valence-electron chi connectivity index (χ1n) is 12.4. The van der Waals surface area contributed by atoms with Crippen LogP contribution in [-0.2, 0) is 4.74 Å². The Hall–Kier alpha value is -1.69. The van der Waals surface area contributed by atoms with E-state index in [1.165, 1.54) is 0 Å². The van der Waals surface area contributed by atoms with Gasteiger partial charge in [0.2, 0.25) is 0 Å². The van der Waals surface area contributed by atoms with Crippen LogP contribution in [0.4, 0.5) is 0 Å². The molecule has 9 aliphatic rings. The van der Waals surface area contributed by atoms with Crippen molar-refractivity contribution < 1.29 is 19.7 Å². The summed E-state index contributed by atoms with van der Waals surface area (Å²) in [5.41, 5.74) is -0.0590. The molecule has 9 fully saturated rings. The number of carbonyl (C=O) groups is 1. The zero-order valence-electron chi connectivity index (χ0n) is 18.5. The van der Waals surface area contributed by atoms with Crippen LogP contribution >= 0.6 is 0 Å². The monoisotopic (exact) mass is 433 g/mol. The molecule has 6 aliphatic carbocycles. The first-order valence-corrected chi connectivity index (χ1v) is 12.4. The summed E-state index contributed by atoms with van der Waals surface area (Å²) in [5.74, 6) is 0.691. The molecule has 1 aromatic rings. The maximum atomic E-state index is 13.0. The van der Waals surface area contributed by atoms with Gasteiger partial charge in [-0.25, -0.2) is 4.79 Å². The van der Waals surface area contributed by atoms with Crippen molar-refractivity contribution in [1.29, 1.82) is 0 Å². The van der Waals surface area contributed by atoms with Crippen LogP contribution in [0.5, 0.6) is 0 Å². The zero-order chi connectivity index (χ0) is 21.8. The van der Waals surface area contributed by atoms with Crippen molar-refractivity contribution in [3.8, 4) is 0 Å². The fourth-order valence-corrected chi connectivity index (χ4v) is 11.4. The normalized spacial score (nSPS) is 59.7. The van der Waals surface area contributed by atoms with Gasteiger partial charge >= 0.3 is 5.97 Å². The zero-order valence-corrected chi connectivity index (χ0v) is 18.5. The van der Waals surface area contributed by atoms with Gasteiger partial charge in [-0.05, 0) is 73.0 Å². The summed E-state index contributed by atoms with van der Waals surface area (Å²) in [6.45, 7) is 7.67. The highest BCUT2D eigenvalue weighted by atomic mass is 16.5. The van der Waals surface area contributed by atoms with Crippen molar-refractivity contribution in [2.24, 2.45) is 34.0 Å². The average molecular weight is 434 g/mol. The molecule has 1 unspecified atom stereocenters. The molecule has 2 N–H and O–H groups in total. The number of aliphatic hydroxyl groups is 2. The lowest BCUT2D eigenvalue weighted by atomic mass is 9.38. The molecule has 10 rings (SSSR count). The summed E-state index contributed by atoms with van der Waals surface area (Å²) in [6.07, 6.45) is 3.47. The number of nitrogens with zero attached hydrogens (tertiary/aromatic N) is 1. The molecule has 0 amide bonds. The number of aliphatic hydroxyl groups excluding tert-OH is 1. The Kier molecular flexibility index (Phi) is 3.03. The average Bonchev–Trinajstić information content (AvgIpc) is 3.16. The molecule has 0 aromatic heterocycles. The number of fused-ring (bicyclic) bond motifs is 1. The van der Waals surface area contributed by atoms with Gasteiger partial charge in [0, 0.05) is 29.5 Å². The Morgan fingerprint density at radius 3 is 2.72 bits per heavy atom. The van der Waals surface area contributed by atoms with E-state index >= 15 is 0 Å². The molecule has 9 bridgehead atoms. The van der Waals surface area contributed by atoms with E-state index in [0.29, 0.717) is 29.5 Å². The number of carbonyl (C=O) groups excluding carboxylic acids is 1. The Bertz CT molecular complexity index is 1090. The van der Waals surface area contributed by atoms with Crippen LogP contribution in [0.1, 0.15) is 49.4 Å². The van der Waals surface area contributed by atoms with Crippen LogP contribution in [0, 0.1) is 34.0 Å². The third kappa shape index (κ3) is 1.59. The summed E-state index contributed by atoms with van der Waals surface area (Å²) in [5, 5.41) is 24.2. The molecule has 5 heteroatoms. The van der Waals surface area contributed by atoms with Gasteiger partial charge in [-0.3, -0.25) is 4.90 Å². The van der Waals surface area contributed by atoms with E-state index in [-0.39, 0.29) is 28.8 Å².